The van der Waals surface area contributed by atoms with Crippen LogP contribution in [0.5, 0.6) is 0 Å². The van der Waals surface area contributed by atoms with Crippen LogP contribution in [0.4, 0.5) is 13.2 Å². The molecular formula is C10H8F3NO. The molecule has 0 aliphatic heterocycles. The van der Waals surface area contributed by atoms with Crippen molar-refractivity contribution in [2.75, 3.05) is 6.61 Å². The molecule has 0 aliphatic carbocycles. The highest BCUT2D eigenvalue weighted by atomic mass is 19.4. The van der Waals surface area contributed by atoms with Gasteiger partial charge in [0, 0.05) is 12.6 Å². The molecule has 0 radical (unpaired) electrons. The second kappa shape index (κ2) is 4.80. The highest BCUT2D eigenvalue weighted by Gasteiger charge is 2.30. The Morgan fingerprint density at radius 3 is 2.73 bits per heavy atom. The molecule has 0 unspecified atom stereocenters. The van der Waals surface area contributed by atoms with Crippen LogP contribution < -0.4 is 0 Å². The molecule has 80 valence electrons. The first-order valence-corrected chi connectivity index (χ1v) is 4.17. The standard InChI is InChI=1S/C10H8F3NO/c11-10(12,13)8-4-5-14-9(7-8)3-1-2-6-15/h4-5,7,15H,2,6H2. The van der Waals surface area contributed by atoms with Crippen molar-refractivity contribution in [1.82, 2.24) is 4.98 Å². The summed E-state index contributed by atoms with van der Waals surface area (Å²) in [5, 5.41) is 8.43. The fraction of sp³-hybridized carbons (Fsp3) is 0.300. The fourth-order valence-corrected chi connectivity index (χ4v) is 0.884. The molecule has 2 nitrogen and oxygen atoms in total. The van der Waals surface area contributed by atoms with E-state index >= 15 is 0 Å². The molecule has 1 aromatic rings. The van der Waals surface area contributed by atoms with Crippen LogP contribution in [0, 0.1) is 11.8 Å². The molecule has 1 aromatic heterocycles. The number of aliphatic hydroxyl groups is 1. The summed E-state index contributed by atoms with van der Waals surface area (Å²) < 4.78 is 36.7. The van der Waals surface area contributed by atoms with Crippen LogP contribution in [0.25, 0.3) is 0 Å². The predicted molar refractivity (Wildman–Crippen MR) is 47.8 cm³/mol. The first-order valence-electron chi connectivity index (χ1n) is 4.17. The Morgan fingerprint density at radius 1 is 1.40 bits per heavy atom. The van der Waals surface area contributed by atoms with Gasteiger partial charge in [0.25, 0.3) is 0 Å². The van der Waals surface area contributed by atoms with E-state index in [0.29, 0.717) is 0 Å². The largest absolute Gasteiger partial charge is 0.416 e. The number of halogens is 3. The molecule has 0 saturated carbocycles. The first-order chi connectivity index (χ1) is 7.04. The average Bonchev–Trinajstić information content (AvgIpc) is 2.17. The van der Waals surface area contributed by atoms with Crippen molar-refractivity contribution in [2.24, 2.45) is 0 Å². The van der Waals surface area contributed by atoms with E-state index in [9.17, 15) is 13.2 Å². The van der Waals surface area contributed by atoms with E-state index in [1.54, 1.807) is 0 Å². The van der Waals surface area contributed by atoms with Crippen molar-refractivity contribution in [3.63, 3.8) is 0 Å². The molecule has 15 heavy (non-hydrogen) atoms. The minimum absolute atomic E-state index is 0.0540. The van der Waals surface area contributed by atoms with Crippen LogP contribution >= 0.6 is 0 Å². The van der Waals surface area contributed by atoms with E-state index in [1.165, 1.54) is 0 Å². The summed E-state index contributed by atoms with van der Waals surface area (Å²) in [6.45, 7) is -0.119. The number of aromatic nitrogens is 1. The van der Waals surface area contributed by atoms with Gasteiger partial charge in [0.1, 0.15) is 5.69 Å². The number of hydrogen-bond acceptors (Lipinski definition) is 2. The Balaban J connectivity index is 2.90. The quantitative estimate of drug-likeness (QED) is 0.725. The van der Waals surface area contributed by atoms with Gasteiger partial charge < -0.3 is 5.11 Å². The van der Waals surface area contributed by atoms with Crippen LogP contribution in [0.1, 0.15) is 17.7 Å². The molecule has 0 amide bonds. The van der Waals surface area contributed by atoms with Crippen molar-refractivity contribution >= 4 is 0 Å². The lowest BCUT2D eigenvalue weighted by Crippen LogP contribution is -2.05. The summed E-state index contributed by atoms with van der Waals surface area (Å²) in [4.78, 5) is 3.67. The summed E-state index contributed by atoms with van der Waals surface area (Å²) in [7, 11) is 0. The van der Waals surface area contributed by atoms with Crippen LogP contribution in [0.15, 0.2) is 18.3 Å². The third-order valence-corrected chi connectivity index (χ3v) is 1.54. The first kappa shape index (κ1) is 11.5. The average molecular weight is 215 g/mol. The molecule has 0 fully saturated rings. The van der Waals surface area contributed by atoms with Crippen molar-refractivity contribution in [3.8, 4) is 11.8 Å². The summed E-state index contributed by atoms with van der Waals surface area (Å²) in [6.07, 6.45) is -3.10. The Kier molecular flexibility index (Phi) is 3.69. The molecule has 0 spiro atoms. The molecule has 1 rings (SSSR count). The van der Waals surface area contributed by atoms with Crippen LogP contribution in [0.2, 0.25) is 0 Å². The second-order valence-corrected chi connectivity index (χ2v) is 2.70. The van der Waals surface area contributed by atoms with E-state index in [2.05, 4.69) is 16.8 Å². The molecule has 0 bridgehead atoms. The Hall–Kier alpha value is -1.54. The van der Waals surface area contributed by atoms with Gasteiger partial charge in [-0.2, -0.15) is 13.2 Å². The smallest absolute Gasteiger partial charge is 0.395 e. The van der Waals surface area contributed by atoms with E-state index in [1.807, 2.05) is 0 Å². The number of hydrogen-bond donors (Lipinski definition) is 1. The third-order valence-electron chi connectivity index (χ3n) is 1.54. The maximum Gasteiger partial charge on any atom is 0.416 e. The van der Waals surface area contributed by atoms with Gasteiger partial charge >= 0.3 is 6.18 Å². The summed E-state index contributed by atoms with van der Waals surface area (Å²) >= 11 is 0. The van der Waals surface area contributed by atoms with Crippen LogP contribution in [-0.2, 0) is 6.18 Å². The molecular weight excluding hydrogens is 207 g/mol. The fourth-order valence-electron chi connectivity index (χ4n) is 0.884. The molecule has 0 aliphatic rings. The van der Waals surface area contributed by atoms with E-state index in [4.69, 9.17) is 5.11 Å². The van der Waals surface area contributed by atoms with Crippen molar-refractivity contribution < 1.29 is 18.3 Å². The number of alkyl halides is 3. The highest BCUT2D eigenvalue weighted by molar-refractivity contribution is 5.31. The van der Waals surface area contributed by atoms with Gasteiger partial charge in [-0.15, -0.1) is 0 Å². The van der Waals surface area contributed by atoms with Gasteiger partial charge in [0.2, 0.25) is 0 Å². The van der Waals surface area contributed by atoms with E-state index in [0.717, 1.165) is 18.3 Å². The summed E-state index contributed by atoms with van der Waals surface area (Å²) in [5.74, 6) is 4.94. The van der Waals surface area contributed by atoms with Crippen molar-refractivity contribution in [1.29, 1.82) is 0 Å². The normalized spacial score (nSPS) is 10.7. The van der Waals surface area contributed by atoms with Crippen molar-refractivity contribution in [2.45, 2.75) is 12.6 Å². The number of aliphatic hydroxyl groups excluding tert-OH is 1. The third kappa shape index (κ3) is 3.60. The molecule has 0 aromatic carbocycles. The zero-order valence-electron chi connectivity index (χ0n) is 7.67. The van der Waals surface area contributed by atoms with Gasteiger partial charge in [-0.3, -0.25) is 0 Å². The summed E-state index contributed by atoms with van der Waals surface area (Å²) in [6, 6.07) is 1.77. The lowest BCUT2D eigenvalue weighted by Gasteiger charge is -2.05. The molecule has 1 N–H and O–H groups in total. The monoisotopic (exact) mass is 215 g/mol. The lowest BCUT2D eigenvalue weighted by molar-refractivity contribution is -0.137. The second-order valence-electron chi connectivity index (χ2n) is 2.70. The highest BCUT2D eigenvalue weighted by Crippen LogP contribution is 2.28. The number of pyridine rings is 1. The Labute approximate surface area is 84.8 Å². The Morgan fingerprint density at radius 2 is 2.13 bits per heavy atom. The van der Waals surface area contributed by atoms with Gasteiger partial charge in [-0.1, -0.05) is 5.92 Å². The zero-order valence-corrected chi connectivity index (χ0v) is 7.67. The molecule has 0 atom stereocenters. The minimum Gasteiger partial charge on any atom is -0.395 e. The maximum atomic E-state index is 12.2. The van der Waals surface area contributed by atoms with Gasteiger partial charge in [-0.05, 0) is 18.1 Å². The SMILES string of the molecule is OCCC#Cc1cc(C(F)(F)F)ccn1. The number of rotatable bonds is 1. The molecule has 1 heterocycles. The lowest BCUT2D eigenvalue weighted by atomic mass is 10.2. The maximum absolute atomic E-state index is 12.2. The topological polar surface area (TPSA) is 33.1 Å². The minimum atomic E-state index is -4.38. The van der Waals surface area contributed by atoms with Gasteiger partial charge in [0.05, 0.1) is 12.2 Å². The van der Waals surface area contributed by atoms with Crippen LogP contribution in [0.3, 0.4) is 0 Å². The van der Waals surface area contributed by atoms with Crippen molar-refractivity contribution in [3.05, 3.63) is 29.6 Å². The predicted octanol–water partition coefficient (Wildman–Crippen LogP) is 1.83. The van der Waals surface area contributed by atoms with E-state index in [-0.39, 0.29) is 18.7 Å². The zero-order chi connectivity index (χ0) is 11.3. The van der Waals surface area contributed by atoms with Crippen LogP contribution in [-0.4, -0.2) is 16.7 Å². The van der Waals surface area contributed by atoms with E-state index < -0.39 is 11.7 Å². The number of nitrogens with zero attached hydrogens (tertiary/aromatic N) is 1. The molecule has 5 heteroatoms. The van der Waals surface area contributed by atoms with Gasteiger partial charge in [0.15, 0.2) is 0 Å². The van der Waals surface area contributed by atoms with Gasteiger partial charge in [-0.25, -0.2) is 4.98 Å². The Bertz CT molecular complexity index is 390. The molecule has 0 saturated heterocycles. The summed E-state index contributed by atoms with van der Waals surface area (Å²) in [5.41, 5.74) is -0.718.